The van der Waals surface area contributed by atoms with Gasteiger partial charge in [0.2, 0.25) is 0 Å². The minimum Gasteiger partial charge on any atom is -0.481 e. The summed E-state index contributed by atoms with van der Waals surface area (Å²) >= 11 is 0. The highest BCUT2D eigenvalue weighted by atomic mass is 16.4. The number of imidazole rings is 1. The van der Waals surface area contributed by atoms with E-state index < -0.39 is 5.97 Å². The zero-order valence-electron chi connectivity index (χ0n) is 17.8. The van der Waals surface area contributed by atoms with Crippen LogP contribution in [-0.2, 0) is 17.6 Å². The van der Waals surface area contributed by atoms with E-state index in [1.807, 2.05) is 6.92 Å². The van der Waals surface area contributed by atoms with Crippen molar-refractivity contribution in [1.29, 1.82) is 0 Å². The summed E-state index contributed by atoms with van der Waals surface area (Å²) in [7, 11) is 0. The molecule has 29 heavy (non-hydrogen) atoms. The lowest BCUT2D eigenvalue weighted by Gasteiger charge is -2.13. The van der Waals surface area contributed by atoms with Gasteiger partial charge in [-0.2, -0.15) is 0 Å². The Morgan fingerprint density at radius 3 is 2.45 bits per heavy atom. The van der Waals surface area contributed by atoms with Crippen molar-refractivity contribution in [3.05, 3.63) is 59.4 Å². The molecule has 1 N–H and O–H groups in total. The van der Waals surface area contributed by atoms with E-state index in [1.165, 1.54) is 11.1 Å². The molecule has 0 bridgehead atoms. The van der Waals surface area contributed by atoms with Gasteiger partial charge >= 0.3 is 5.97 Å². The number of carboxylic acids is 1. The number of unbranched alkanes of at least 4 members (excludes halogenated alkanes) is 1. The van der Waals surface area contributed by atoms with Gasteiger partial charge in [-0.15, -0.1) is 0 Å². The minimum atomic E-state index is -0.677. The van der Waals surface area contributed by atoms with Crippen LogP contribution >= 0.6 is 0 Å². The topological polar surface area (TPSA) is 55.1 Å². The summed E-state index contributed by atoms with van der Waals surface area (Å²) in [5.74, 6) is 0.180. The molecule has 154 valence electrons. The normalized spacial score (nSPS) is 12.4. The van der Waals surface area contributed by atoms with Gasteiger partial charge in [-0.05, 0) is 68.0 Å². The first kappa shape index (κ1) is 21.1. The summed E-state index contributed by atoms with van der Waals surface area (Å²) in [4.78, 5) is 16.3. The molecule has 3 rings (SSSR count). The first-order valence-electron chi connectivity index (χ1n) is 10.8. The number of hydrogen-bond donors (Lipinski definition) is 1. The number of rotatable bonds is 10. The first-order chi connectivity index (χ1) is 14.0. The van der Waals surface area contributed by atoms with Crippen molar-refractivity contribution in [2.24, 2.45) is 5.92 Å². The molecule has 1 unspecified atom stereocenters. The molecular formula is C25H32N2O2. The van der Waals surface area contributed by atoms with Crippen molar-refractivity contribution in [3.8, 4) is 5.69 Å². The average molecular weight is 393 g/mol. The first-order valence-corrected chi connectivity index (χ1v) is 10.8. The second-order valence-corrected chi connectivity index (χ2v) is 7.99. The highest BCUT2D eigenvalue weighted by Gasteiger charge is 2.16. The molecule has 0 saturated carbocycles. The maximum absolute atomic E-state index is 11.4. The standard InChI is InChI=1S/C25H32N2O2/c1-4-6-8-24-26-22-16-9-18(3)17-23(22)27(24)21-14-11-19(12-15-21)10-13-20(7-5-2)25(28)29/h9,11-12,14-17,20H,4-8,10,13H2,1-3H3,(H,28,29). The largest absolute Gasteiger partial charge is 0.481 e. The molecule has 0 amide bonds. The van der Waals surface area contributed by atoms with Crippen molar-refractivity contribution in [1.82, 2.24) is 9.55 Å². The molecule has 1 aromatic heterocycles. The van der Waals surface area contributed by atoms with E-state index >= 15 is 0 Å². The molecule has 3 aromatic rings. The predicted molar refractivity (Wildman–Crippen MR) is 119 cm³/mol. The Labute approximate surface area is 173 Å². The van der Waals surface area contributed by atoms with Crippen molar-refractivity contribution in [2.45, 2.75) is 65.7 Å². The fourth-order valence-corrected chi connectivity index (χ4v) is 3.92. The van der Waals surface area contributed by atoms with E-state index in [0.29, 0.717) is 6.42 Å². The van der Waals surface area contributed by atoms with Gasteiger partial charge in [-0.3, -0.25) is 9.36 Å². The third-order valence-corrected chi connectivity index (χ3v) is 5.60. The summed E-state index contributed by atoms with van der Waals surface area (Å²) in [6.07, 6.45) is 6.36. The quantitative estimate of drug-likeness (QED) is 0.453. The lowest BCUT2D eigenvalue weighted by molar-refractivity contribution is -0.142. The van der Waals surface area contributed by atoms with Gasteiger partial charge in [0, 0.05) is 12.1 Å². The number of benzene rings is 2. The summed E-state index contributed by atoms with van der Waals surface area (Å²) in [6.45, 7) is 6.35. The molecule has 0 spiro atoms. The Bertz CT molecular complexity index is 957. The highest BCUT2D eigenvalue weighted by molar-refractivity contribution is 5.79. The van der Waals surface area contributed by atoms with E-state index in [4.69, 9.17) is 4.98 Å². The van der Waals surface area contributed by atoms with E-state index in [2.05, 4.69) is 60.9 Å². The van der Waals surface area contributed by atoms with Crippen molar-refractivity contribution in [2.75, 3.05) is 0 Å². The van der Waals surface area contributed by atoms with Gasteiger partial charge in [-0.25, -0.2) is 4.98 Å². The number of fused-ring (bicyclic) bond motifs is 1. The van der Waals surface area contributed by atoms with Crippen LogP contribution in [0.15, 0.2) is 42.5 Å². The van der Waals surface area contributed by atoms with E-state index in [-0.39, 0.29) is 5.92 Å². The van der Waals surface area contributed by atoms with Crippen LogP contribution in [0.3, 0.4) is 0 Å². The number of aryl methyl sites for hydroxylation is 3. The Balaban J connectivity index is 1.86. The van der Waals surface area contributed by atoms with Crippen LogP contribution in [0.5, 0.6) is 0 Å². The fourth-order valence-electron chi connectivity index (χ4n) is 3.92. The van der Waals surface area contributed by atoms with Gasteiger partial charge in [0.15, 0.2) is 0 Å². The number of aliphatic carboxylic acids is 1. The molecular weight excluding hydrogens is 360 g/mol. The average Bonchev–Trinajstić information content (AvgIpc) is 3.07. The SMILES string of the molecule is CCCCc1nc2ccc(C)cc2n1-c1ccc(CCC(CCC)C(=O)O)cc1. The van der Waals surface area contributed by atoms with Crippen LogP contribution in [0.2, 0.25) is 0 Å². The van der Waals surface area contributed by atoms with Gasteiger partial charge in [0.25, 0.3) is 0 Å². The van der Waals surface area contributed by atoms with Gasteiger partial charge in [-0.1, -0.05) is 44.9 Å². The van der Waals surface area contributed by atoms with Crippen LogP contribution in [-0.4, -0.2) is 20.6 Å². The molecule has 1 atom stereocenters. The zero-order chi connectivity index (χ0) is 20.8. The predicted octanol–water partition coefficient (Wildman–Crippen LogP) is 6.11. The van der Waals surface area contributed by atoms with Gasteiger partial charge in [0.1, 0.15) is 5.82 Å². The molecule has 0 aliphatic heterocycles. The molecule has 2 aromatic carbocycles. The second kappa shape index (κ2) is 9.73. The number of carbonyl (C=O) groups is 1. The number of nitrogens with zero attached hydrogens (tertiary/aromatic N) is 2. The molecule has 0 radical (unpaired) electrons. The second-order valence-electron chi connectivity index (χ2n) is 7.99. The maximum Gasteiger partial charge on any atom is 0.306 e. The van der Waals surface area contributed by atoms with Crippen molar-refractivity contribution in [3.63, 3.8) is 0 Å². The van der Waals surface area contributed by atoms with Crippen LogP contribution in [0.25, 0.3) is 16.7 Å². The summed E-state index contributed by atoms with van der Waals surface area (Å²) in [5.41, 5.74) is 5.73. The molecule has 0 saturated heterocycles. The van der Waals surface area contributed by atoms with Gasteiger partial charge < -0.3 is 5.11 Å². The van der Waals surface area contributed by atoms with E-state index in [1.54, 1.807) is 0 Å². The van der Waals surface area contributed by atoms with Crippen LogP contribution in [0.4, 0.5) is 0 Å². The van der Waals surface area contributed by atoms with E-state index in [0.717, 1.165) is 61.1 Å². The van der Waals surface area contributed by atoms with Crippen LogP contribution < -0.4 is 0 Å². The smallest absolute Gasteiger partial charge is 0.306 e. The third kappa shape index (κ3) is 5.06. The zero-order valence-corrected chi connectivity index (χ0v) is 17.8. The molecule has 0 aliphatic rings. The number of carboxylic acid groups (broad SMARTS) is 1. The molecule has 0 aliphatic carbocycles. The minimum absolute atomic E-state index is 0.249. The molecule has 1 heterocycles. The summed E-state index contributed by atoms with van der Waals surface area (Å²) < 4.78 is 2.28. The Morgan fingerprint density at radius 2 is 1.79 bits per heavy atom. The molecule has 4 heteroatoms. The third-order valence-electron chi connectivity index (χ3n) is 5.60. The van der Waals surface area contributed by atoms with Crippen molar-refractivity contribution >= 4 is 17.0 Å². The highest BCUT2D eigenvalue weighted by Crippen LogP contribution is 2.25. The summed E-state index contributed by atoms with van der Waals surface area (Å²) in [5, 5.41) is 9.37. The Kier molecular flexibility index (Phi) is 7.08. The monoisotopic (exact) mass is 392 g/mol. The van der Waals surface area contributed by atoms with Crippen molar-refractivity contribution < 1.29 is 9.90 Å². The fraction of sp³-hybridized carbons (Fsp3) is 0.440. The van der Waals surface area contributed by atoms with Crippen LogP contribution in [0, 0.1) is 12.8 Å². The number of hydrogen-bond acceptors (Lipinski definition) is 2. The lowest BCUT2D eigenvalue weighted by atomic mass is 9.95. The van der Waals surface area contributed by atoms with Gasteiger partial charge in [0.05, 0.1) is 17.0 Å². The Morgan fingerprint density at radius 1 is 1.03 bits per heavy atom. The summed E-state index contributed by atoms with van der Waals surface area (Å²) in [6, 6.07) is 15.0. The molecule has 4 nitrogen and oxygen atoms in total. The van der Waals surface area contributed by atoms with E-state index in [9.17, 15) is 9.90 Å². The number of aromatic nitrogens is 2. The molecule has 0 fully saturated rings. The lowest BCUT2D eigenvalue weighted by Crippen LogP contribution is -2.14. The van der Waals surface area contributed by atoms with Crippen LogP contribution in [0.1, 0.15) is 62.9 Å². The Hall–Kier alpha value is -2.62. The maximum atomic E-state index is 11.4.